The Morgan fingerprint density at radius 2 is 1.43 bits per heavy atom. The van der Waals surface area contributed by atoms with Gasteiger partial charge in [0.05, 0.1) is 0 Å². The van der Waals surface area contributed by atoms with Crippen molar-refractivity contribution in [2.45, 2.75) is 0 Å². The van der Waals surface area contributed by atoms with E-state index in [0.717, 1.165) is 5.56 Å². The molecule has 1 aromatic heterocycles. The molecule has 1 heterocycles. The van der Waals surface area contributed by atoms with Crippen LogP contribution < -0.4 is 5.73 Å². The Hall–Kier alpha value is -3.13. The normalized spacial score (nSPS) is 11.7. The lowest BCUT2D eigenvalue weighted by atomic mass is 9.89. The molecule has 0 fully saturated rings. The number of rotatable bonds is 1. The van der Waals surface area contributed by atoms with E-state index in [1.807, 2.05) is 12.1 Å². The van der Waals surface area contributed by atoms with E-state index in [2.05, 4.69) is 59.6 Å². The number of nitrogen functional groups attached to an aromatic ring is 1. The molecule has 23 heavy (non-hydrogen) atoms. The lowest BCUT2D eigenvalue weighted by Crippen LogP contribution is -1.91. The van der Waals surface area contributed by atoms with Gasteiger partial charge < -0.3 is 5.73 Å². The van der Waals surface area contributed by atoms with Gasteiger partial charge >= 0.3 is 0 Å². The highest BCUT2D eigenvalue weighted by molar-refractivity contribution is 6.26. The Balaban J connectivity index is 2.04. The number of hydrogen-bond donors (Lipinski definition) is 1. The predicted octanol–water partition coefficient (Wildman–Crippen LogP) is 5.23. The van der Waals surface area contributed by atoms with Crippen LogP contribution in [0.15, 0.2) is 72.9 Å². The van der Waals surface area contributed by atoms with Crippen LogP contribution in [0.5, 0.6) is 0 Å². The Morgan fingerprint density at radius 3 is 2.26 bits per heavy atom. The highest BCUT2D eigenvalue weighted by atomic mass is 14.8. The molecule has 5 aromatic rings. The highest BCUT2D eigenvalue weighted by Gasteiger charge is 2.12. The van der Waals surface area contributed by atoms with Gasteiger partial charge in [-0.05, 0) is 61.6 Å². The van der Waals surface area contributed by atoms with E-state index in [4.69, 9.17) is 5.73 Å². The Kier molecular flexibility index (Phi) is 2.39. The summed E-state index contributed by atoms with van der Waals surface area (Å²) in [7, 11) is 0. The number of nitrogens with two attached hydrogens (primary N) is 1. The summed E-state index contributed by atoms with van der Waals surface area (Å²) in [6.07, 6.45) is 1.77. The zero-order valence-corrected chi connectivity index (χ0v) is 12.5. The zero-order valence-electron chi connectivity index (χ0n) is 12.5. The van der Waals surface area contributed by atoms with Crippen molar-refractivity contribution in [3.05, 3.63) is 72.9 Å². The maximum Gasteiger partial charge on any atom is 0.123 e. The van der Waals surface area contributed by atoms with Gasteiger partial charge in [0.25, 0.3) is 0 Å². The van der Waals surface area contributed by atoms with E-state index in [0.29, 0.717) is 5.82 Å². The van der Waals surface area contributed by atoms with E-state index in [-0.39, 0.29) is 0 Å². The maximum absolute atomic E-state index is 5.90. The molecule has 0 bridgehead atoms. The van der Waals surface area contributed by atoms with Crippen molar-refractivity contribution in [3.63, 3.8) is 0 Å². The van der Waals surface area contributed by atoms with E-state index in [1.165, 1.54) is 37.9 Å². The van der Waals surface area contributed by atoms with Crippen molar-refractivity contribution in [2.24, 2.45) is 0 Å². The van der Waals surface area contributed by atoms with Crippen molar-refractivity contribution < 1.29 is 0 Å². The van der Waals surface area contributed by atoms with Gasteiger partial charge in [0.1, 0.15) is 5.82 Å². The summed E-state index contributed by atoms with van der Waals surface area (Å²) in [5.41, 5.74) is 8.21. The fourth-order valence-electron chi connectivity index (χ4n) is 3.62. The average Bonchev–Trinajstić information content (AvgIpc) is 2.59. The summed E-state index contributed by atoms with van der Waals surface area (Å²) in [6.45, 7) is 0. The van der Waals surface area contributed by atoms with E-state index >= 15 is 0 Å². The molecule has 4 aromatic carbocycles. The Morgan fingerprint density at radius 1 is 0.696 bits per heavy atom. The van der Waals surface area contributed by atoms with Crippen LogP contribution in [0, 0.1) is 0 Å². The number of benzene rings is 4. The third-order valence-corrected chi connectivity index (χ3v) is 4.60. The molecule has 0 saturated carbocycles. The second kappa shape index (κ2) is 4.43. The number of hydrogen-bond acceptors (Lipinski definition) is 2. The molecule has 0 aliphatic rings. The first kappa shape index (κ1) is 12.4. The van der Waals surface area contributed by atoms with Crippen LogP contribution in [-0.2, 0) is 0 Å². The fourth-order valence-corrected chi connectivity index (χ4v) is 3.62. The first-order valence-electron chi connectivity index (χ1n) is 7.70. The molecule has 2 nitrogen and oxygen atoms in total. The predicted molar refractivity (Wildman–Crippen MR) is 97.8 cm³/mol. The number of nitrogens with zero attached hydrogens (tertiary/aromatic N) is 1. The topological polar surface area (TPSA) is 38.9 Å². The Labute approximate surface area is 133 Å². The average molecular weight is 294 g/mol. The fraction of sp³-hybridized carbons (Fsp3) is 0. The lowest BCUT2D eigenvalue weighted by Gasteiger charge is -2.15. The Bertz CT molecular complexity index is 1170. The second-order valence-corrected chi connectivity index (χ2v) is 5.94. The van der Waals surface area contributed by atoms with E-state index < -0.39 is 0 Å². The smallest absolute Gasteiger partial charge is 0.123 e. The van der Waals surface area contributed by atoms with E-state index in [9.17, 15) is 0 Å². The summed E-state index contributed by atoms with van der Waals surface area (Å²) in [4.78, 5) is 4.12. The summed E-state index contributed by atoms with van der Waals surface area (Å²) in [6, 6.07) is 23.6. The van der Waals surface area contributed by atoms with Gasteiger partial charge in [-0.3, -0.25) is 0 Å². The summed E-state index contributed by atoms with van der Waals surface area (Å²) in [5.74, 6) is 0.549. The summed E-state index contributed by atoms with van der Waals surface area (Å²) >= 11 is 0. The van der Waals surface area contributed by atoms with Crippen LogP contribution in [0.3, 0.4) is 0 Å². The van der Waals surface area contributed by atoms with Gasteiger partial charge in [-0.25, -0.2) is 4.98 Å². The van der Waals surface area contributed by atoms with Crippen molar-refractivity contribution in [1.29, 1.82) is 0 Å². The molecular formula is C21H14N2. The first-order chi connectivity index (χ1) is 11.3. The molecule has 0 amide bonds. The van der Waals surface area contributed by atoms with Crippen molar-refractivity contribution in [2.75, 3.05) is 5.73 Å². The minimum atomic E-state index is 0.549. The van der Waals surface area contributed by atoms with Crippen LogP contribution in [-0.4, -0.2) is 4.98 Å². The number of aromatic nitrogens is 1. The van der Waals surface area contributed by atoms with Crippen molar-refractivity contribution in [1.82, 2.24) is 4.98 Å². The van der Waals surface area contributed by atoms with Crippen molar-refractivity contribution >= 4 is 38.1 Å². The van der Waals surface area contributed by atoms with Gasteiger partial charge in [-0.2, -0.15) is 0 Å². The van der Waals surface area contributed by atoms with Gasteiger partial charge in [0, 0.05) is 6.20 Å². The molecule has 0 aliphatic carbocycles. The minimum Gasteiger partial charge on any atom is -0.384 e. The van der Waals surface area contributed by atoms with Crippen LogP contribution >= 0.6 is 0 Å². The second-order valence-electron chi connectivity index (χ2n) is 5.94. The molecule has 0 saturated heterocycles. The summed E-state index contributed by atoms with van der Waals surface area (Å²) < 4.78 is 0. The van der Waals surface area contributed by atoms with Gasteiger partial charge in [0.2, 0.25) is 0 Å². The molecule has 0 aliphatic heterocycles. The quantitative estimate of drug-likeness (QED) is 0.430. The van der Waals surface area contributed by atoms with Crippen molar-refractivity contribution in [3.8, 4) is 11.1 Å². The van der Waals surface area contributed by atoms with Crippen LogP contribution in [0.25, 0.3) is 43.4 Å². The molecular weight excluding hydrogens is 280 g/mol. The molecule has 5 rings (SSSR count). The molecule has 2 heteroatoms. The zero-order chi connectivity index (χ0) is 15.4. The molecule has 0 spiro atoms. The third kappa shape index (κ3) is 1.72. The molecule has 0 radical (unpaired) electrons. The van der Waals surface area contributed by atoms with Gasteiger partial charge in [0.15, 0.2) is 0 Å². The molecule has 0 atom stereocenters. The highest BCUT2D eigenvalue weighted by Crippen LogP contribution is 2.40. The van der Waals surface area contributed by atoms with E-state index in [1.54, 1.807) is 6.20 Å². The largest absolute Gasteiger partial charge is 0.384 e. The van der Waals surface area contributed by atoms with Gasteiger partial charge in [-0.1, -0.05) is 48.5 Å². The lowest BCUT2D eigenvalue weighted by molar-refractivity contribution is 1.34. The SMILES string of the molecule is Nc1cc(-c2cc3cccc4ccc5cccc2c5c43)ccn1. The molecule has 108 valence electrons. The standard InChI is InChI=1S/C21H14N2/c22-19-12-15(9-10-23-19)18-11-16-5-1-3-13-7-8-14-4-2-6-17(18)21(14)20(13)16/h1-12H,(H2,22,23). The number of pyridine rings is 1. The summed E-state index contributed by atoms with van der Waals surface area (Å²) in [5, 5.41) is 7.75. The van der Waals surface area contributed by atoms with Crippen LogP contribution in [0.2, 0.25) is 0 Å². The third-order valence-electron chi connectivity index (χ3n) is 4.60. The minimum absolute atomic E-state index is 0.549. The maximum atomic E-state index is 5.90. The number of anilines is 1. The van der Waals surface area contributed by atoms with Crippen LogP contribution in [0.1, 0.15) is 0 Å². The molecule has 0 unspecified atom stereocenters. The van der Waals surface area contributed by atoms with Crippen LogP contribution in [0.4, 0.5) is 5.82 Å². The molecule has 2 N–H and O–H groups in total. The van der Waals surface area contributed by atoms with Gasteiger partial charge in [-0.15, -0.1) is 0 Å². The first-order valence-corrected chi connectivity index (χ1v) is 7.70. The monoisotopic (exact) mass is 294 g/mol.